The van der Waals surface area contributed by atoms with Crippen LogP contribution in [0.2, 0.25) is 0 Å². The van der Waals surface area contributed by atoms with E-state index in [2.05, 4.69) is 10.1 Å². The molecule has 1 aromatic carbocycles. The minimum absolute atomic E-state index is 0.0542. The Hall–Kier alpha value is -3.78. The lowest BCUT2D eigenvalue weighted by atomic mass is 10.0. The highest BCUT2D eigenvalue weighted by atomic mass is 16.5. The predicted octanol–water partition coefficient (Wildman–Crippen LogP) is 3.42. The van der Waals surface area contributed by atoms with E-state index in [0.29, 0.717) is 35.9 Å². The maximum atomic E-state index is 13.4. The number of benzene rings is 1. The fraction of sp³-hybridized carbons (Fsp3) is 0.280. The highest BCUT2D eigenvalue weighted by Gasteiger charge is 2.27. The zero-order valence-corrected chi connectivity index (χ0v) is 18.5. The number of fused-ring (bicyclic) bond motifs is 1. The second-order valence-corrected chi connectivity index (χ2v) is 8.17. The van der Waals surface area contributed by atoms with Crippen LogP contribution in [0, 0.1) is 0 Å². The number of carbonyl (C=O) groups is 1. The van der Waals surface area contributed by atoms with E-state index < -0.39 is 0 Å². The van der Waals surface area contributed by atoms with Crippen molar-refractivity contribution in [2.45, 2.75) is 25.3 Å². The van der Waals surface area contributed by atoms with Crippen molar-refractivity contribution in [2.75, 3.05) is 20.2 Å². The van der Waals surface area contributed by atoms with Gasteiger partial charge in [-0.1, -0.05) is 30.3 Å². The highest BCUT2D eigenvalue weighted by Crippen LogP contribution is 2.28. The Morgan fingerprint density at radius 1 is 1.12 bits per heavy atom. The summed E-state index contributed by atoms with van der Waals surface area (Å²) in [4.78, 5) is 24.7. The molecule has 1 amide bonds. The van der Waals surface area contributed by atoms with E-state index in [9.17, 15) is 4.79 Å². The highest BCUT2D eigenvalue weighted by molar-refractivity contribution is 5.96. The second kappa shape index (κ2) is 8.99. The van der Waals surface area contributed by atoms with Crippen molar-refractivity contribution < 1.29 is 9.53 Å². The van der Waals surface area contributed by atoms with Crippen LogP contribution in [0.1, 0.15) is 29.6 Å². The maximum absolute atomic E-state index is 13.4. The minimum Gasteiger partial charge on any atom is -0.481 e. The summed E-state index contributed by atoms with van der Waals surface area (Å²) in [5.74, 6) is 0.317. The summed E-state index contributed by atoms with van der Waals surface area (Å²) < 4.78 is 7.14. The van der Waals surface area contributed by atoms with Crippen LogP contribution in [0.15, 0.2) is 60.9 Å². The van der Waals surface area contributed by atoms with Crippen molar-refractivity contribution in [3.05, 3.63) is 66.5 Å². The van der Waals surface area contributed by atoms with E-state index in [-0.39, 0.29) is 11.9 Å². The summed E-state index contributed by atoms with van der Waals surface area (Å²) in [6, 6.07) is 15.4. The average Bonchev–Trinajstić information content (AvgIpc) is 3.31. The van der Waals surface area contributed by atoms with Gasteiger partial charge in [0, 0.05) is 42.5 Å². The lowest BCUT2D eigenvalue weighted by Crippen LogP contribution is -2.47. The van der Waals surface area contributed by atoms with Gasteiger partial charge in [-0.25, -0.2) is 14.5 Å². The molecule has 1 saturated heterocycles. The first-order valence-electron chi connectivity index (χ1n) is 11.1. The third-order valence-electron chi connectivity index (χ3n) is 6.13. The molecular weight excluding hydrogens is 416 g/mol. The number of hydrogen-bond acceptors (Lipinski definition) is 6. The van der Waals surface area contributed by atoms with Crippen LogP contribution in [0.5, 0.6) is 5.88 Å². The lowest BCUT2D eigenvalue weighted by Gasteiger charge is -2.35. The van der Waals surface area contributed by atoms with E-state index in [1.807, 2.05) is 47.5 Å². The van der Waals surface area contributed by atoms with E-state index in [4.69, 9.17) is 15.5 Å². The van der Waals surface area contributed by atoms with Gasteiger partial charge in [-0.3, -0.25) is 4.79 Å². The summed E-state index contributed by atoms with van der Waals surface area (Å²) >= 11 is 0. The van der Waals surface area contributed by atoms with Crippen molar-refractivity contribution >= 4 is 11.6 Å². The Kier molecular flexibility index (Phi) is 5.75. The minimum atomic E-state index is -0.0542. The number of ether oxygens (including phenoxy) is 1. The zero-order valence-electron chi connectivity index (χ0n) is 18.5. The van der Waals surface area contributed by atoms with Crippen LogP contribution in [0.25, 0.3) is 28.2 Å². The van der Waals surface area contributed by atoms with Gasteiger partial charge in [-0.05, 0) is 31.4 Å². The maximum Gasteiger partial charge on any atom is 0.254 e. The molecule has 0 bridgehead atoms. The molecule has 0 radical (unpaired) electrons. The van der Waals surface area contributed by atoms with Crippen LogP contribution in [-0.2, 0) is 0 Å². The molecule has 4 aromatic rings. The van der Waals surface area contributed by atoms with Gasteiger partial charge in [0.1, 0.15) is 0 Å². The third-order valence-corrected chi connectivity index (χ3v) is 6.13. The molecule has 0 aliphatic carbocycles. The number of pyridine rings is 1. The monoisotopic (exact) mass is 442 g/mol. The van der Waals surface area contributed by atoms with Gasteiger partial charge in [0.15, 0.2) is 5.65 Å². The number of piperidine rings is 1. The fourth-order valence-electron chi connectivity index (χ4n) is 4.37. The normalized spacial score (nSPS) is 16.2. The summed E-state index contributed by atoms with van der Waals surface area (Å²) in [5.41, 5.74) is 10.3. The zero-order chi connectivity index (χ0) is 22.8. The lowest BCUT2D eigenvalue weighted by molar-refractivity contribution is 0.0623. The molecule has 1 fully saturated rings. The first kappa shape index (κ1) is 21.1. The number of nitrogens with zero attached hydrogens (tertiary/aromatic N) is 5. The molecule has 4 heterocycles. The molecule has 1 unspecified atom stereocenters. The van der Waals surface area contributed by atoms with Crippen molar-refractivity contribution in [1.29, 1.82) is 0 Å². The van der Waals surface area contributed by atoms with Crippen molar-refractivity contribution in [3.8, 4) is 28.4 Å². The Labute approximate surface area is 192 Å². The van der Waals surface area contributed by atoms with Gasteiger partial charge >= 0.3 is 0 Å². The third kappa shape index (κ3) is 4.05. The molecule has 168 valence electrons. The van der Waals surface area contributed by atoms with E-state index in [1.54, 1.807) is 30.0 Å². The molecule has 3 aromatic heterocycles. The SMILES string of the molecule is COc1cc(C(=O)N2CCCCC2CN)cc(-c2cnn3ccc(-c4ccccc4)nc23)n1. The van der Waals surface area contributed by atoms with Gasteiger partial charge in [0.25, 0.3) is 5.91 Å². The molecule has 1 aliphatic heterocycles. The molecule has 33 heavy (non-hydrogen) atoms. The van der Waals surface area contributed by atoms with Gasteiger partial charge in [-0.15, -0.1) is 0 Å². The van der Waals surface area contributed by atoms with Crippen LogP contribution in [0.3, 0.4) is 0 Å². The second-order valence-electron chi connectivity index (χ2n) is 8.17. The van der Waals surface area contributed by atoms with Crippen LogP contribution in [-0.4, -0.2) is 56.6 Å². The Morgan fingerprint density at radius 3 is 2.76 bits per heavy atom. The Balaban J connectivity index is 1.57. The van der Waals surface area contributed by atoms with Gasteiger partial charge < -0.3 is 15.4 Å². The molecule has 5 rings (SSSR count). The summed E-state index contributed by atoms with van der Waals surface area (Å²) in [6.45, 7) is 1.17. The van der Waals surface area contributed by atoms with Crippen LogP contribution < -0.4 is 10.5 Å². The smallest absolute Gasteiger partial charge is 0.254 e. The largest absolute Gasteiger partial charge is 0.481 e. The van der Waals surface area contributed by atoms with Crippen molar-refractivity contribution in [1.82, 2.24) is 24.5 Å². The van der Waals surface area contributed by atoms with Crippen LogP contribution >= 0.6 is 0 Å². The van der Waals surface area contributed by atoms with E-state index >= 15 is 0 Å². The van der Waals surface area contributed by atoms with E-state index in [1.165, 1.54) is 0 Å². The number of methoxy groups -OCH3 is 1. The number of likely N-dealkylation sites (tertiary alicyclic amines) is 1. The number of rotatable bonds is 5. The van der Waals surface area contributed by atoms with Gasteiger partial charge in [-0.2, -0.15) is 5.10 Å². The number of aromatic nitrogens is 4. The number of hydrogen-bond donors (Lipinski definition) is 1. The van der Waals surface area contributed by atoms with Gasteiger partial charge in [0.05, 0.1) is 30.3 Å². The molecule has 1 atom stereocenters. The molecule has 1 aliphatic rings. The molecular formula is C25H26N6O2. The summed E-state index contributed by atoms with van der Waals surface area (Å²) in [6.07, 6.45) is 6.60. The summed E-state index contributed by atoms with van der Waals surface area (Å²) in [5, 5.41) is 4.44. The van der Waals surface area contributed by atoms with Crippen molar-refractivity contribution in [2.24, 2.45) is 5.73 Å². The number of amides is 1. The standard InChI is InChI=1S/C25H26N6O2/c1-33-23-14-18(25(32)30-11-6-5-9-19(30)15-26)13-22(28-23)20-16-27-31-12-10-21(29-24(20)31)17-7-3-2-4-8-17/h2-4,7-8,10,12-14,16,19H,5-6,9,11,15,26H2,1H3. The summed E-state index contributed by atoms with van der Waals surface area (Å²) in [7, 11) is 1.55. The first-order valence-corrected chi connectivity index (χ1v) is 11.1. The molecule has 8 nitrogen and oxygen atoms in total. The topological polar surface area (TPSA) is 98.6 Å². The van der Waals surface area contributed by atoms with E-state index in [0.717, 1.165) is 36.1 Å². The van der Waals surface area contributed by atoms with Crippen LogP contribution in [0.4, 0.5) is 0 Å². The average molecular weight is 443 g/mol. The molecule has 0 spiro atoms. The molecule has 0 saturated carbocycles. The number of nitrogens with two attached hydrogens (primary N) is 1. The quantitative estimate of drug-likeness (QED) is 0.509. The van der Waals surface area contributed by atoms with Crippen molar-refractivity contribution in [3.63, 3.8) is 0 Å². The predicted molar refractivity (Wildman–Crippen MR) is 126 cm³/mol. The first-order chi connectivity index (χ1) is 16.2. The fourth-order valence-corrected chi connectivity index (χ4v) is 4.37. The number of carbonyl (C=O) groups excluding carboxylic acids is 1. The molecule has 8 heteroatoms. The Bertz CT molecular complexity index is 1290. The Morgan fingerprint density at radius 2 is 1.97 bits per heavy atom. The molecule has 2 N–H and O–H groups in total. The van der Waals surface area contributed by atoms with Gasteiger partial charge in [0.2, 0.25) is 5.88 Å².